The first-order valence-corrected chi connectivity index (χ1v) is 13.1. The molecule has 32 heavy (non-hydrogen) atoms. The standard InChI is InChI=1S/C22H21ClN4O3S2/c23-16-3-8-19-15(14-16)2-1-11-27(19)20-9-12-26(21(20)28)17-4-6-18(7-5-17)32(29,30)25-22-24-10-13-31-22/h3-8,10,13-14,20H,1-2,9,11-12H2,(H,24,25)/t20-/m0/s1. The minimum Gasteiger partial charge on any atom is -0.359 e. The highest BCUT2D eigenvalue weighted by Crippen LogP contribution is 2.35. The molecule has 7 nitrogen and oxygen atoms in total. The molecular weight excluding hydrogens is 468 g/mol. The lowest BCUT2D eigenvalue weighted by atomic mass is 9.99. The van der Waals surface area contributed by atoms with Crippen LogP contribution in [0.3, 0.4) is 0 Å². The fraction of sp³-hybridized carbons (Fsp3) is 0.273. The van der Waals surface area contributed by atoms with Crippen LogP contribution in [0.15, 0.2) is 58.9 Å². The Morgan fingerprint density at radius 1 is 1.12 bits per heavy atom. The Balaban J connectivity index is 1.34. The fourth-order valence-electron chi connectivity index (χ4n) is 4.38. The monoisotopic (exact) mass is 488 g/mol. The second kappa shape index (κ2) is 8.38. The fourth-order valence-corrected chi connectivity index (χ4v) is 6.37. The molecular formula is C22H21ClN4O3S2. The van der Waals surface area contributed by atoms with Crippen molar-refractivity contribution >= 4 is 55.4 Å². The molecule has 5 rings (SSSR count). The van der Waals surface area contributed by atoms with Crippen LogP contribution in [0.5, 0.6) is 0 Å². The second-order valence-electron chi connectivity index (χ2n) is 7.80. The SMILES string of the molecule is O=C1[C@@H](N2CCCc3cc(Cl)ccc32)CCN1c1ccc(S(=O)(=O)Nc2nccs2)cc1. The Labute approximate surface area is 195 Å². The molecule has 3 heterocycles. The number of carbonyl (C=O) groups is 1. The van der Waals surface area contributed by atoms with E-state index in [-0.39, 0.29) is 16.8 Å². The number of aryl methyl sites for hydroxylation is 1. The molecule has 3 aromatic rings. The summed E-state index contributed by atoms with van der Waals surface area (Å²) in [5, 5.41) is 2.73. The van der Waals surface area contributed by atoms with Crippen molar-refractivity contribution in [1.29, 1.82) is 0 Å². The number of benzene rings is 2. The molecule has 2 aromatic carbocycles. The maximum atomic E-state index is 13.3. The van der Waals surface area contributed by atoms with E-state index in [1.165, 1.54) is 35.2 Å². The lowest BCUT2D eigenvalue weighted by molar-refractivity contribution is -0.118. The highest BCUT2D eigenvalue weighted by atomic mass is 35.5. The molecule has 0 unspecified atom stereocenters. The first-order chi connectivity index (χ1) is 15.4. The van der Waals surface area contributed by atoms with E-state index in [4.69, 9.17) is 11.6 Å². The Hall–Kier alpha value is -2.62. The van der Waals surface area contributed by atoms with Gasteiger partial charge in [0.05, 0.1) is 4.90 Å². The molecule has 2 aliphatic rings. The van der Waals surface area contributed by atoms with Gasteiger partial charge in [-0.3, -0.25) is 9.52 Å². The summed E-state index contributed by atoms with van der Waals surface area (Å²) < 4.78 is 27.6. The summed E-state index contributed by atoms with van der Waals surface area (Å²) in [6.07, 6.45) is 4.20. The smallest absolute Gasteiger partial charge is 0.263 e. The van der Waals surface area contributed by atoms with Crippen molar-refractivity contribution in [1.82, 2.24) is 4.98 Å². The van der Waals surface area contributed by atoms with Crippen LogP contribution >= 0.6 is 22.9 Å². The van der Waals surface area contributed by atoms with Crippen LogP contribution in [-0.2, 0) is 21.2 Å². The predicted molar refractivity (Wildman–Crippen MR) is 127 cm³/mol. The van der Waals surface area contributed by atoms with Gasteiger partial charge < -0.3 is 9.80 Å². The van der Waals surface area contributed by atoms with Crippen LogP contribution in [0.25, 0.3) is 0 Å². The van der Waals surface area contributed by atoms with E-state index >= 15 is 0 Å². The molecule has 0 spiro atoms. The quantitative estimate of drug-likeness (QED) is 0.583. The van der Waals surface area contributed by atoms with E-state index in [1.807, 2.05) is 18.2 Å². The van der Waals surface area contributed by atoms with Gasteiger partial charge in [0.15, 0.2) is 5.13 Å². The van der Waals surface area contributed by atoms with Gasteiger partial charge in [0.2, 0.25) is 5.91 Å². The van der Waals surface area contributed by atoms with Gasteiger partial charge in [0.25, 0.3) is 10.0 Å². The van der Waals surface area contributed by atoms with E-state index in [1.54, 1.807) is 22.4 Å². The maximum Gasteiger partial charge on any atom is 0.263 e. The topological polar surface area (TPSA) is 82.6 Å². The van der Waals surface area contributed by atoms with E-state index < -0.39 is 10.0 Å². The Kier molecular flexibility index (Phi) is 5.56. The number of hydrogen-bond acceptors (Lipinski definition) is 6. The molecule has 0 saturated carbocycles. The maximum absolute atomic E-state index is 13.3. The highest BCUT2D eigenvalue weighted by molar-refractivity contribution is 7.93. The van der Waals surface area contributed by atoms with Crippen molar-refractivity contribution in [3.8, 4) is 0 Å². The van der Waals surface area contributed by atoms with Crippen molar-refractivity contribution in [2.24, 2.45) is 0 Å². The number of thiazole rings is 1. The van der Waals surface area contributed by atoms with E-state index in [2.05, 4.69) is 14.6 Å². The van der Waals surface area contributed by atoms with Crippen LogP contribution in [0, 0.1) is 0 Å². The van der Waals surface area contributed by atoms with Crippen LogP contribution in [0.2, 0.25) is 5.02 Å². The number of hydrogen-bond donors (Lipinski definition) is 1. The molecule has 0 radical (unpaired) electrons. The molecule has 1 saturated heterocycles. The van der Waals surface area contributed by atoms with Gasteiger partial charge in [0, 0.05) is 41.1 Å². The normalized spacial score (nSPS) is 18.7. The average Bonchev–Trinajstić information content (AvgIpc) is 3.42. The first-order valence-electron chi connectivity index (χ1n) is 10.3. The van der Waals surface area contributed by atoms with Gasteiger partial charge in [-0.1, -0.05) is 11.6 Å². The van der Waals surface area contributed by atoms with Gasteiger partial charge in [-0.05, 0) is 67.3 Å². The lowest BCUT2D eigenvalue weighted by Crippen LogP contribution is -2.44. The first kappa shape index (κ1) is 21.2. The van der Waals surface area contributed by atoms with Gasteiger partial charge in [-0.2, -0.15) is 0 Å². The number of sulfonamides is 1. The molecule has 1 aromatic heterocycles. The van der Waals surface area contributed by atoms with Crippen molar-refractivity contribution in [3.05, 3.63) is 64.6 Å². The van der Waals surface area contributed by atoms with Gasteiger partial charge in [0.1, 0.15) is 6.04 Å². The summed E-state index contributed by atoms with van der Waals surface area (Å²) in [4.78, 5) is 21.3. The largest absolute Gasteiger partial charge is 0.359 e. The third kappa shape index (κ3) is 3.96. The van der Waals surface area contributed by atoms with Crippen LogP contribution in [0.1, 0.15) is 18.4 Å². The van der Waals surface area contributed by atoms with Crippen molar-refractivity contribution in [3.63, 3.8) is 0 Å². The molecule has 1 fully saturated rings. The van der Waals surface area contributed by atoms with E-state index in [9.17, 15) is 13.2 Å². The van der Waals surface area contributed by atoms with E-state index in [0.29, 0.717) is 28.8 Å². The third-order valence-corrected chi connectivity index (χ3v) is 8.27. The number of halogens is 1. The zero-order chi connectivity index (χ0) is 22.3. The number of fused-ring (bicyclic) bond motifs is 1. The Morgan fingerprint density at radius 2 is 1.94 bits per heavy atom. The number of carbonyl (C=O) groups excluding carboxylic acids is 1. The minimum absolute atomic E-state index is 0.0318. The minimum atomic E-state index is -3.73. The molecule has 2 aliphatic heterocycles. The van der Waals surface area contributed by atoms with Crippen LogP contribution in [0.4, 0.5) is 16.5 Å². The number of aromatic nitrogens is 1. The third-order valence-electron chi connectivity index (χ3n) is 5.86. The summed E-state index contributed by atoms with van der Waals surface area (Å²) in [5.74, 6) is 0.0318. The van der Waals surface area contributed by atoms with Crippen molar-refractivity contribution in [2.45, 2.75) is 30.2 Å². The Morgan fingerprint density at radius 3 is 2.69 bits per heavy atom. The molecule has 166 valence electrons. The van der Waals surface area contributed by atoms with Crippen molar-refractivity contribution in [2.75, 3.05) is 27.6 Å². The molecule has 0 bridgehead atoms. The summed E-state index contributed by atoms with van der Waals surface area (Å²) >= 11 is 7.37. The number of nitrogens with zero attached hydrogens (tertiary/aromatic N) is 3. The van der Waals surface area contributed by atoms with Gasteiger partial charge in [-0.25, -0.2) is 13.4 Å². The number of anilines is 3. The van der Waals surface area contributed by atoms with Gasteiger partial charge >= 0.3 is 0 Å². The van der Waals surface area contributed by atoms with Crippen LogP contribution < -0.4 is 14.5 Å². The Bertz CT molecular complexity index is 1250. The molecule has 1 amide bonds. The molecule has 1 N–H and O–H groups in total. The summed E-state index contributed by atoms with van der Waals surface area (Å²) in [6.45, 7) is 1.42. The molecule has 1 atom stereocenters. The second-order valence-corrected chi connectivity index (χ2v) is 10.8. The van der Waals surface area contributed by atoms with E-state index in [0.717, 1.165) is 25.1 Å². The molecule has 0 aliphatic carbocycles. The summed E-state index contributed by atoms with van der Waals surface area (Å²) in [7, 11) is -3.73. The van der Waals surface area contributed by atoms with Gasteiger partial charge in [-0.15, -0.1) is 11.3 Å². The summed E-state index contributed by atoms with van der Waals surface area (Å²) in [6, 6.07) is 12.0. The number of rotatable bonds is 5. The zero-order valence-corrected chi connectivity index (χ0v) is 19.5. The lowest BCUT2D eigenvalue weighted by Gasteiger charge is -2.35. The van der Waals surface area contributed by atoms with Crippen molar-refractivity contribution < 1.29 is 13.2 Å². The number of nitrogens with one attached hydrogen (secondary N) is 1. The highest BCUT2D eigenvalue weighted by Gasteiger charge is 2.38. The predicted octanol–water partition coefficient (Wildman–Crippen LogP) is 4.16. The average molecular weight is 489 g/mol. The number of amides is 1. The summed E-state index contributed by atoms with van der Waals surface area (Å²) in [5.41, 5.74) is 2.95. The van der Waals surface area contributed by atoms with Crippen LogP contribution in [-0.4, -0.2) is 38.4 Å². The zero-order valence-electron chi connectivity index (χ0n) is 17.1. The molecule has 10 heteroatoms.